The standard InChI is InChI=1S/C14H19ClN2O3/c1-10(18)8-11-4-3-7-16(11)9-12-13(15)5-2-6-14(12)17(19)20/h2,5-6,10-11,18H,3-4,7-9H2,1H3. The van der Waals surface area contributed by atoms with E-state index in [1.165, 1.54) is 6.07 Å². The SMILES string of the molecule is CC(O)CC1CCCN1Cc1c(Cl)cccc1[N+](=O)[O-]. The van der Waals surface area contributed by atoms with Crippen molar-refractivity contribution in [2.75, 3.05) is 6.54 Å². The maximum atomic E-state index is 11.1. The molecule has 0 aromatic heterocycles. The van der Waals surface area contributed by atoms with E-state index < -0.39 is 0 Å². The van der Waals surface area contributed by atoms with Gasteiger partial charge in [-0.25, -0.2) is 0 Å². The third kappa shape index (κ3) is 3.48. The first-order valence-electron chi connectivity index (χ1n) is 6.83. The van der Waals surface area contributed by atoms with Crippen molar-refractivity contribution in [2.45, 2.75) is 44.9 Å². The highest BCUT2D eigenvalue weighted by molar-refractivity contribution is 6.31. The van der Waals surface area contributed by atoms with Gasteiger partial charge in [-0.2, -0.15) is 0 Å². The molecule has 0 saturated carbocycles. The van der Waals surface area contributed by atoms with Gasteiger partial charge >= 0.3 is 0 Å². The van der Waals surface area contributed by atoms with Crippen molar-refractivity contribution < 1.29 is 10.0 Å². The summed E-state index contributed by atoms with van der Waals surface area (Å²) in [5, 5.41) is 21.1. The predicted octanol–water partition coefficient (Wildman–Crippen LogP) is 2.98. The summed E-state index contributed by atoms with van der Waals surface area (Å²) in [6.07, 6.45) is 2.40. The summed E-state index contributed by atoms with van der Waals surface area (Å²) in [6, 6.07) is 5.04. The number of nitrogens with zero attached hydrogens (tertiary/aromatic N) is 2. The molecule has 110 valence electrons. The number of rotatable bonds is 5. The molecule has 0 bridgehead atoms. The van der Waals surface area contributed by atoms with Gasteiger partial charge in [-0.15, -0.1) is 0 Å². The van der Waals surface area contributed by atoms with Crippen LogP contribution in [0.25, 0.3) is 0 Å². The Morgan fingerprint density at radius 2 is 2.35 bits per heavy atom. The molecule has 1 aromatic rings. The van der Waals surface area contributed by atoms with Gasteiger partial charge in [-0.05, 0) is 38.8 Å². The van der Waals surface area contributed by atoms with E-state index in [4.69, 9.17) is 11.6 Å². The van der Waals surface area contributed by atoms with Gasteiger partial charge in [0.15, 0.2) is 0 Å². The van der Waals surface area contributed by atoms with Crippen LogP contribution in [0, 0.1) is 10.1 Å². The molecule has 5 nitrogen and oxygen atoms in total. The Labute approximate surface area is 123 Å². The van der Waals surface area contributed by atoms with E-state index in [-0.39, 0.29) is 22.8 Å². The minimum atomic E-state index is -0.388. The lowest BCUT2D eigenvalue weighted by Gasteiger charge is -2.25. The van der Waals surface area contributed by atoms with E-state index in [0.717, 1.165) is 19.4 Å². The molecular weight excluding hydrogens is 280 g/mol. The van der Waals surface area contributed by atoms with Crippen LogP contribution < -0.4 is 0 Å². The van der Waals surface area contributed by atoms with Crippen LogP contribution in [0.15, 0.2) is 18.2 Å². The van der Waals surface area contributed by atoms with E-state index in [1.54, 1.807) is 19.1 Å². The number of aliphatic hydroxyl groups is 1. The fraction of sp³-hybridized carbons (Fsp3) is 0.571. The third-order valence-electron chi connectivity index (χ3n) is 3.76. The molecule has 1 fully saturated rings. The first-order chi connectivity index (χ1) is 9.49. The van der Waals surface area contributed by atoms with Crippen LogP contribution in [0.1, 0.15) is 31.7 Å². The van der Waals surface area contributed by atoms with Gasteiger partial charge in [0.2, 0.25) is 0 Å². The van der Waals surface area contributed by atoms with Crippen LogP contribution in [-0.4, -0.2) is 33.6 Å². The number of nitro groups is 1. The van der Waals surface area contributed by atoms with Gasteiger partial charge in [-0.1, -0.05) is 17.7 Å². The number of nitro benzene ring substituents is 1. The normalized spacial score (nSPS) is 21.1. The van der Waals surface area contributed by atoms with Crippen molar-refractivity contribution in [3.8, 4) is 0 Å². The molecule has 1 heterocycles. The Morgan fingerprint density at radius 3 is 3.00 bits per heavy atom. The first kappa shape index (κ1) is 15.2. The molecule has 0 amide bonds. The Bertz CT molecular complexity index is 493. The molecule has 2 rings (SSSR count). The van der Waals surface area contributed by atoms with Gasteiger partial charge in [0.05, 0.1) is 21.6 Å². The number of aliphatic hydroxyl groups excluding tert-OH is 1. The van der Waals surface area contributed by atoms with Gasteiger partial charge < -0.3 is 5.11 Å². The van der Waals surface area contributed by atoms with Crippen molar-refractivity contribution in [3.05, 3.63) is 38.9 Å². The molecule has 6 heteroatoms. The average molecular weight is 299 g/mol. The second kappa shape index (κ2) is 6.52. The lowest BCUT2D eigenvalue weighted by molar-refractivity contribution is -0.385. The maximum Gasteiger partial charge on any atom is 0.275 e. The summed E-state index contributed by atoms with van der Waals surface area (Å²) < 4.78 is 0. The highest BCUT2D eigenvalue weighted by Gasteiger charge is 2.28. The molecule has 2 unspecified atom stereocenters. The number of hydrogen-bond acceptors (Lipinski definition) is 4. The first-order valence-corrected chi connectivity index (χ1v) is 7.20. The Morgan fingerprint density at radius 1 is 1.60 bits per heavy atom. The van der Waals surface area contributed by atoms with E-state index in [0.29, 0.717) is 23.6 Å². The third-order valence-corrected chi connectivity index (χ3v) is 4.12. The van der Waals surface area contributed by atoms with E-state index in [1.807, 2.05) is 0 Å². The fourth-order valence-corrected chi connectivity index (χ4v) is 3.07. The minimum Gasteiger partial charge on any atom is -0.393 e. The zero-order valence-electron chi connectivity index (χ0n) is 11.5. The minimum absolute atomic E-state index is 0.0696. The van der Waals surface area contributed by atoms with Crippen molar-refractivity contribution in [1.29, 1.82) is 0 Å². The smallest absolute Gasteiger partial charge is 0.275 e. The Kier molecular flexibility index (Phi) is 4.96. The van der Waals surface area contributed by atoms with Crippen LogP contribution in [0.4, 0.5) is 5.69 Å². The highest BCUT2D eigenvalue weighted by atomic mass is 35.5. The topological polar surface area (TPSA) is 66.6 Å². The van der Waals surface area contributed by atoms with Gasteiger partial charge in [0.25, 0.3) is 5.69 Å². The summed E-state index contributed by atoms with van der Waals surface area (Å²) in [4.78, 5) is 12.9. The van der Waals surface area contributed by atoms with Crippen molar-refractivity contribution >= 4 is 17.3 Å². The number of likely N-dealkylation sites (tertiary alicyclic amines) is 1. The summed E-state index contributed by atoms with van der Waals surface area (Å²) in [5.74, 6) is 0. The van der Waals surface area contributed by atoms with E-state index in [2.05, 4.69) is 4.90 Å². The van der Waals surface area contributed by atoms with E-state index >= 15 is 0 Å². The number of hydrogen-bond donors (Lipinski definition) is 1. The lowest BCUT2D eigenvalue weighted by Crippen LogP contribution is -2.31. The van der Waals surface area contributed by atoms with Gasteiger partial charge in [-0.3, -0.25) is 15.0 Å². The molecule has 0 spiro atoms. The van der Waals surface area contributed by atoms with Crippen molar-refractivity contribution in [2.24, 2.45) is 0 Å². The maximum absolute atomic E-state index is 11.1. The monoisotopic (exact) mass is 298 g/mol. The molecule has 1 saturated heterocycles. The molecule has 1 aromatic carbocycles. The average Bonchev–Trinajstić information content (AvgIpc) is 2.78. The van der Waals surface area contributed by atoms with Crippen molar-refractivity contribution in [3.63, 3.8) is 0 Å². The summed E-state index contributed by atoms with van der Waals surface area (Å²) >= 11 is 6.12. The molecule has 1 aliphatic heterocycles. The van der Waals surface area contributed by atoms with E-state index in [9.17, 15) is 15.2 Å². The molecule has 2 atom stereocenters. The molecular formula is C14H19ClN2O3. The Balaban J connectivity index is 2.19. The van der Waals surface area contributed by atoms with Crippen LogP contribution in [0.2, 0.25) is 5.02 Å². The zero-order chi connectivity index (χ0) is 14.7. The van der Waals surface area contributed by atoms with Crippen LogP contribution >= 0.6 is 11.6 Å². The summed E-state index contributed by atoms with van der Waals surface area (Å²) in [6.45, 7) is 3.13. The fourth-order valence-electron chi connectivity index (χ4n) is 2.84. The summed E-state index contributed by atoms with van der Waals surface area (Å²) in [5.41, 5.74) is 0.636. The van der Waals surface area contributed by atoms with Crippen LogP contribution in [-0.2, 0) is 6.54 Å². The highest BCUT2D eigenvalue weighted by Crippen LogP contribution is 2.31. The second-order valence-electron chi connectivity index (χ2n) is 5.35. The van der Waals surface area contributed by atoms with Gasteiger partial charge in [0.1, 0.15) is 0 Å². The van der Waals surface area contributed by atoms with Crippen LogP contribution in [0.5, 0.6) is 0 Å². The second-order valence-corrected chi connectivity index (χ2v) is 5.75. The molecule has 20 heavy (non-hydrogen) atoms. The Hall–Kier alpha value is -1.17. The van der Waals surface area contributed by atoms with Crippen LogP contribution in [0.3, 0.4) is 0 Å². The molecule has 0 radical (unpaired) electrons. The van der Waals surface area contributed by atoms with Gasteiger partial charge in [0, 0.05) is 18.7 Å². The largest absolute Gasteiger partial charge is 0.393 e. The zero-order valence-corrected chi connectivity index (χ0v) is 12.2. The molecule has 1 aliphatic rings. The predicted molar refractivity (Wildman–Crippen MR) is 77.8 cm³/mol. The molecule has 0 aliphatic carbocycles. The lowest BCUT2D eigenvalue weighted by atomic mass is 10.1. The quantitative estimate of drug-likeness (QED) is 0.670. The number of benzene rings is 1. The summed E-state index contributed by atoms with van der Waals surface area (Å²) in [7, 11) is 0. The molecule has 1 N–H and O–H groups in total. The number of halogens is 1. The van der Waals surface area contributed by atoms with Crippen molar-refractivity contribution in [1.82, 2.24) is 4.90 Å².